The summed E-state index contributed by atoms with van der Waals surface area (Å²) in [6.07, 6.45) is 5.66. The maximum Gasteiger partial charge on any atom is 0.280 e. The largest absolute Gasteiger partial charge is 0.296 e. The van der Waals surface area contributed by atoms with Gasteiger partial charge in [0, 0.05) is 6.08 Å². The molecule has 0 saturated carbocycles. The molecule has 0 bridgehead atoms. The zero-order valence-corrected chi connectivity index (χ0v) is 4.40. The van der Waals surface area contributed by atoms with Crippen molar-refractivity contribution in [2.45, 2.75) is 0 Å². The van der Waals surface area contributed by atoms with Crippen LogP contribution in [-0.4, -0.2) is 6.08 Å². The zero-order chi connectivity index (χ0) is 6.53. The van der Waals surface area contributed by atoms with Crippen molar-refractivity contribution >= 4 is 6.08 Å². The Kier molecular flexibility index (Phi) is 1.67. The van der Waals surface area contributed by atoms with Crippen molar-refractivity contribution in [3.63, 3.8) is 0 Å². The number of nitrogens with zero attached hydrogens (tertiary/aromatic N) is 1. The molecule has 0 aromatic carbocycles. The Hall–Kier alpha value is -1.54. The molecule has 46 valence electrons. The highest BCUT2D eigenvalue weighted by atomic mass is 17.2. The van der Waals surface area contributed by atoms with Crippen LogP contribution in [0.3, 0.4) is 0 Å². The summed E-state index contributed by atoms with van der Waals surface area (Å²) in [5.74, 6) is 0.104. The molecule has 0 spiro atoms. The topological polar surface area (TPSA) is 47.9 Å². The summed E-state index contributed by atoms with van der Waals surface area (Å²) < 4.78 is 0. The molecule has 1 aliphatic heterocycles. The van der Waals surface area contributed by atoms with E-state index < -0.39 is 0 Å². The number of hydrogen-bond acceptors (Lipinski definition) is 4. The fourth-order valence-corrected chi connectivity index (χ4v) is 0.359. The van der Waals surface area contributed by atoms with Crippen LogP contribution in [0.5, 0.6) is 0 Å². The molecule has 0 radical (unpaired) electrons. The normalized spacial score (nSPS) is 14.4. The lowest BCUT2D eigenvalue weighted by atomic mass is 10.5. The third-order valence-corrected chi connectivity index (χ3v) is 0.662. The van der Waals surface area contributed by atoms with Gasteiger partial charge in [0.15, 0.2) is 0 Å². The van der Waals surface area contributed by atoms with Crippen LogP contribution in [0.25, 0.3) is 0 Å². The van der Waals surface area contributed by atoms with Gasteiger partial charge in [-0.2, -0.15) is 0 Å². The number of rotatable bonds is 1. The van der Waals surface area contributed by atoms with Gasteiger partial charge in [-0.1, -0.05) is 0 Å². The molecule has 4 heteroatoms. The summed E-state index contributed by atoms with van der Waals surface area (Å²) in [5, 5.41) is 0. The minimum atomic E-state index is 0.104. The standard InChI is InChI=1S/C5H3NO3/c7-4-6-5-2-1-3-8-9-5/h1-3H. The van der Waals surface area contributed by atoms with Gasteiger partial charge in [-0.25, -0.2) is 4.79 Å². The molecule has 0 aromatic rings. The average molecular weight is 125 g/mol. The van der Waals surface area contributed by atoms with Crippen molar-refractivity contribution in [2.24, 2.45) is 4.99 Å². The minimum Gasteiger partial charge on any atom is -0.296 e. The van der Waals surface area contributed by atoms with E-state index in [0.717, 1.165) is 0 Å². The van der Waals surface area contributed by atoms with Crippen molar-refractivity contribution in [1.29, 1.82) is 0 Å². The van der Waals surface area contributed by atoms with Gasteiger partial charge in [-0.3, -0.25) is 9.78 Å². The second-order valence-corrected chi connectivity index (χ2v) is 1.22. The van der Waals surface area contributed by atoms with Crippen LogP contribution in [-0.2, 0) is 14.6 Å². The third-order valence-electron chi connectivity index (χ3n) is 0.662. The van der Waals surface area contributed by atoms with E-state index in [2.05, 4.69) is 14.8 Å². The van der Waals surface area contributed by atoms with Crippen LogP contribution >= 0.6 is 0 Å². The first-order valence-electron chi connectivity index (χ1n) is 2.21. The van der Waals surface area contributed by atoms with E-state index in [-0.39, 0.29) is 5.88 Å². The highest BCUT2D eigenvalue weighted by molar-refractivity contribution is 5.36. The maximum atomic E-state index is 9.58. The molecule has 9 heavy (non-hydrogen) atoms. The average Bonchev–Trinajstić information content (AvgIpc) is 1.91. The molecule has 0 saturated heterocycles. The molecule has 1 aliphatic rings. The Morgan fingerprint density at radius 2 is 2.56 bits per heavy atom. The van der Waals surface area contributed by atoms with Crippen molar-refractivity contribution in [1.82, 2.24) is 0 Å². The van der Waals surface area contributed by atoms with Gasteiger partial charge in [0.05, 0.1) is 0 Å². The fraction of sp³-hybridized carbons (Fsp3) is 0. The lowest BCUT2D eigenvalue weighted by molar-refractivity contribution is -0.214. The molecule has 0 fully saturated rings. The SMILES string of the molecule is O=C=NC1=CC=COO1. The Bertz CT molecular complexity index is 200. The van der Waals surface area contributed by atoms with Gasteiger partial charge in [0.25, 0.3) is 5.88 Å². The smallest absolute Gasteiger partial charge is 0.280 e. The molecule has 1 heterocycles. The highest BCUT2D eigenvalue weighted by Crippen LogP contribution is 2.04. The van der Waals surface area contributed by atoms with Crippen LogP contribution in [0.2, 0.25) is 0 Å². The molecule has 0 atom stereocenters. The summed E-state index contributed by atoms with van der Waals surface area (Å²) in [7, 11) is 0. The van der Waals surface area contributed by atoms with E-state index in [4.69, 9.17) is 0 Å². The lowest BCUT2D eigenvalue weighted by Crippen LogP contribution is -1.89. The first kappa shape index (κ1) is 5.59. The predicted molar refractivity (Wildman–Crippen MR) is 27.5 cm³/mol. The monoisotopic (exact) mass is 125 g/mol. The maximum absolute atomic E-state index is 9.58. The molecule has 0 aliphatic carbocycles. The number of isocyanates is 1. The lowest BCUT2D eigenvalue weighted by Gasteiger charge is -2.01. The molecule has 0 amide bonds. The van der Waals surface area contributed by atoms with Crippen LogP contribution in [0.15, 0.2) is 29.3 Å². The second kappa shape index (κ2) is 2.69. The zero-order valence-electron chi connectivity index (χ0n) is 4.40. The molecule has 0 unspecified atom stereocenters. The molecule has 4 nitrogen and oxygen atoms in total. The van der Waals surface area contributed by atoms with E-state index in [9.17, 15) is 4.79 Å². The third kappa shape index (κ3) is 1.44. The van der Waals surface area contributed by atoms with E-state index in [1.165, 1.54) is 18.4 Å². The summed E-state index contributed by atoms with van der Waals surface area (Å²) in [5.41, 5.74) is 0. The highest BCUT2D eigenvalue weighted by Gasteiger charge is 1.96. The van der Waals surface area contributed by atoms with Crippen LogP contribution in [0, 0.1) is 0 Å². The number of carbonyl (C=O) groups excluding carboxylic acids is 1. The van der Waals surface area contributed by atoms with E-state index in [1.54, 1.807) is 6.08 Å². The summed E-state index contributed by atoms with van der Waals surface area (Å²) in [6, 6.07) is 0. The van der Waals surface area contributed by atoms with Crippen molar-refractivity contribution in [3.8, 4) is 0 Å². The Morgan fingerprint density at radius 3 is 3.11 bits per heavy atom. The minimum absolute atomic E-state index is 0.104. The predicted octanol–water partition coefficient (Wildman–Crippen LogP) is 0.639. The molecular weight excluding hydrogens is 122 g/mol. The molecule has 0 N–H and O–H groups in total. The van der Waals surface area contributed by atoms with Gasteiger partial charge in [-0.15, -0.1) is 4.99 Å². The first-order chi connectivity index (χ1) is 4.43. The van der Waals surface area contributed by atoms with E-state index in [1.807, 2.05) is 0 Å². The van der Waals surface area contributed by atoms with Gasteiger partial charge in [0.1, 0.15) is 6.26 Å². The molecule has 1 rings (SSSR count). The molecular formula is C5H3NO3. The summed E-state index contributed by atoms with van der Waals surface area (Å²) in [6.45, 7) is 0. The Balaban J connectivity index is 2.68. The van der Waals surface area contributed by atoms with Crippen molar-refractivity contribution in [2.75, 3.05) is 0 Å². The quantitative estimate of drug-likeness (QED) is 0.293. The van der Waals surface area contributed by atoms with E-state index in [0.29, 0.717) is 0 Å². The Labute approximate surface area is 51.0 Å². The van der Waals surface area contributed by atoms with Crippen LogP contribution in [0.4, 0.5) is 0 Å². The van der Waals surface area contributed by atoms with Gasteiger partial charge in [0.2, 0.25) is 6.08 Å². The Morgan fingerprint density at radius 1 is 1.67 bits per heavy atom. The number of aliphatic imine (C=N–C) groups is 1. The fourth-order valence-electron chi connectivity index (χ4n) is 0.359. The van der Waals surface area contributed by atoms with Gasteiger partial charge >= 0.3 is 0 Å². The number of hydrogen-bond donors (Lipinski definition) is 0. The molecule has 0 aromatic heterocycles. The number of allylic oxidation sites excluding steroid dienone is 2. The van der Waals surface area contributed by atoms with Gasteiger partial charge in [-0.05, 0) is 6.08 Å². The van der Waals surface area contributed by atoms with Crippen LogP contribution < -0.4 is 0 Å². The first-order valence-corrected chi connectivity index (χ1v) is 2.21. The second-order valence-electron chi connectivity index (χ2n) is 1.22. The summed E-state index contributed by atoms with van der Waals surface area (Å²) >= 11 is 0. The van der Waals surface area contributed by atoms with E-state index >= 15 is 0 Å². The van der Waals surface area contributed by atoms with Crippen molar-refractivity contribution in [3.05, 3.63) is 24.3 Å². The summed E-state index contributed by atoms with van der Waals surface area (Å²) in [4.78, 5) is 21.4. The van der Waals surface area contributed by atoms with Gasteiger partial charge < -0.3 is 0 Å². The van der Waals surface area contributed by atoms with Crippen LogP contribution in [0.1, 0.15) is 0 Å². The van der Waals surface area contributed by atoms with Crippen molar-refractivity contribution < 1.29 is 14.6 Å².